The topological polar surface area (TPSA) is 111 Å². The minimum Gasteiger partial charge on any atom is -0.495 e. The normalized spacial score (nSPS) is 11.2. The van der Waals surface area contributed by atoms with Crippen LogP contribution in [-0.2, 0) is 23.1 Å². The van der Waals surface area contributed by atoms with Crippen LogP contribution in [0.1, 0.15) is 21.7 Å². The summed E-state index contributed by atoms with van der Waals surface area (Å²) < 4.78 is 38.3. The molecule has 1 aromatic carbocycles. The van der Waals surface area contributed by atoms with Crippen LogP contribution in [0.2, 0.25) is 0 Å². The van der Waals surface area contributed by atoms with Crippen molar-refractivity contribution in [2.45, 2.75) is 18.0 Å². The second kappa shape index (κ2) is 8.68. The predicted octanol–water partition coefficient (Wildman–Crippen LogP) is 2.09. The maximum absolute atomic E-state index is 12.7. The molecule has 28 heavy (non-hydrogen) atoms. The second-order valence-corrected chi connectivity index (χ2v) is 7.55. The minimum absolute atomic E-state index is 0.0637. The molecule has 3 rings (SSSR count). The second-order valence-electron chi connectivity index (χ2n) is 5.81. The Morgan fingerprint density at radius 3 is 2.71 bits per heavy atom. The van der Waals surface area contributed by atoms with Gasteiger partial charge in [0.1, 0.15) is 16.4 Å². The Balaban J connectivity index is 1.78. The highest BCUT2D eigenvalue weighted by Gasteiger charge is 2.21. The summed E-state index contributed by atoms with van der Waals surface area (Å²) in [6.45, 7) is 0.257. The third kappa shape index (κ3) is 4.76. The molecule has 0 atom stereocenters. The van der Waals surface area contributed by atoms with Gasteiger partial charge in [0.15, 0.2) is 0 Å². The molecule has 0 bridgehead atoms. The summed E-state index contributed by atoms with van der Waals surface area (Å²) in [6.07, 6.45) is 4.68. The van der Waals surface area contributed by atoms with Crippen molar-refractivity contribution in [2.24, 2.45) is 0 Å². The van der Waals surface area contributed by atoms with Gasteiger partial charge in [-0.3, -0.25) is 9.78 Å². The van der Waals surface area contributed by atoms with Crippen LogP contribution in [0.25, 0.3) is 0 Å². The molecule has 0 saturated heterocycles. The van der Waals surface area contributed by atoms with E-state index < -0.39 is 15.9 Å². The number of nitrogens with zero attached hydrogens (tertiary/aromatic N) is 1. The zero-order valence-corrected chi connectivity index (χ0v) is 15.9. The summed E-state index contributed by atoms with van der Waals surface area (Å²) in [6, 6.07) is 11.1. The van der Waals surface area contributed by atoms with Crippen molar-refractivity contribution >= 4 is 15.9 Å². The smallest absolute Gasteiger partial charge is 0.251 e. The summed E-state index contributed by atoms with van der Waals surface area (Å²) >= 11 is 0. The number of aromatic nitrogens is 1. The molecule has 8 nitrogen and oxygen atoms in total. The van der Waals surface area contributed by atoms with Gasteiger partial charge in [-0.15, -0.1) is 0 Å². The van der Waals surface area contributed by atoms with E-state index >= 15 is 0 Å². The van der Waals surface area contributed by atoms with Gasteiger partial charge in [0.2, 0.25) is 10.0 Å². The van der Waals surface area contributed by atoms with E-state index in [0.717, 1.165) is 0 Å². The highest BCUT2D eigenvalue weighted by Crippen LogP contribution is 2.25. The number of carbonyl (C=O) groups is 1. The first-order valence-corrected chi connectivity index (χ1v) is 9.85. The molecule has 0 radical (unpaired) electrons. The zero-order valence-electron chi connectivity index (χ0n) is 15.1. The Morgan fingerprint density at radius 2 is 2.04 bits per heavy atom. The number of pyridine rings is 1. The number of hydrogen-bond acceptors (Lipinski definition) is 6. The first kappa shape index (κ1) is 19.6. The lowest BCUT2D eigenvalue weighted by atomic mass is 10.2. The fraction of sp³-hybridized carbons (Fsp3) is 0.158. The lowest BCUT2D eigenvalue weighted by Gasteiger charge is -2.12. The van der Waals surface area contributed by atoms with Crippen molar-refractivity contribution < 1.29 is 22.4 Å². The van der Waals surface area contributed by atoms with Crippen LogP contribution in [0.15, 0.2) is 70.4 Å². The summed E-state index contributed by atoms with van der Waals surface area (Å²) in [5.41, 5.74) is 0.895. The predicted molar refractivity (Wildman–Crippen MR) is 101 cm³/mol. The largest absolute Gasteiger partial charge is 0.495 e. The van der Waals surface area contributed by atoms with Crippen molar-refractivity contribution in [3.63, 3.8) is 0 Å². The minimum atomic E-state index is -3.92. The summed E-state index contributed by atoms with van der Waals surface area (Å²) in [4.78, 5) is 16.2. The van der Waals surface area contributed by atoms with E-state index in [1.165, 1.54) is 31.6 Å². The Hall–Kier alpha value is -3.17. The van der Waals surface area contributed by atoms with E-state index in [2.05, 4.69) is 15.0 Å². The third-order valence-corrected chi connectivity index (χ3v) is 5.33. The zero-order chi connectivity index (χ0) is 20.0. The van der Waals surface area contributed by atoms with Crippen LogP contribution in [0.3, 0.4) is 0 Å². The van der Waals surface area contributed by atoms with Crippen LogP contribution in [0.4, 0.5) is 0 Å². The highest BCUT2D eigenvalue weighted by atomic mass is 32.2. The lowest BCUT2D eigenvalue weighted by Crippen LogP contribution is -2.26. The molecule has 0 aliphatic rings. The van der Waals surface area contributed by atoms with Gasteiger partial charge in [-0.2, -0.15) is 0 Å². The average Bonchev–Trinajstić information content (AvgIpc) is 3.24. The quantitative estimate of drug-likeness (QED) is 0.598. The van der Waals surface area contributed by atoms with Crippen molar-refractivity contribution in [3.05, 3.63) is 78.0 Å². The summed E-state index contributed by atoms with van der Waals surface area (Å²) in [5.74, 6) is 0.303. The van der Waals surface area contributed by atoms with Crippen LogP contribution in [-0.4, -0.2) is 26.4 Å². The molecule has 0 fully saturated rings. The number of carbonyl (C=O) groups excluding carboxylic acids is 1. The van der Waals surface area contributed by atoms with Crippen molar-refractivity contribution in [1.82, 2.24) is 15.0 Å². The summed E-state index contributed by atoms with van der Waals surface area (Å²) in [5, 5.41) is 2.68. The Bertz CT molecular complexity index is 1030. The standard InChI is InChI=1S/C19H19N3O5S/c1-26-17-7-6-15(19(23)21-13-16-5-3-9-27-16)10-18(17)28(24,25)22-12-14-4-2-8-20-11-14/h2-11,22H,12-13H2,1H3,(H,21,23). The number of methoxy groups -OCH3 is 1. The van der Waals surface area contributed by atoms with Crippen molar-refractivity contribution in [1.29, 1.82) is 0 Å². The molecule has 146 valence electrons. The van der Waals surface area contributed by atoms with Gasteiger partial charge in [-0.25, -0.2) is 13.1 Å². The number of furan rings is 1. The number of rotatable bonds is 8. The van der Waals surface area contributed by atoms with E-state index in [4.69, 9.17) is 9.15 Å². The van der Waals surface area contributed by atoms with E-state index in [9.17, 15) is 13.2 Å². The van der Waals surface area contributed by atoms with Crippen molar-refractivity contribution in [3.8, 4) is 5.75 Å². The van der Waals surface area contributed by atoms with E-state index in [1.807, 2.05) is 0 Å². The molecule has 0 aliphatic heterocycles. The molecule has 0 spiro atoms. The number of sulfonamides is 1. The molecule has 0 saturated carbocycles. The maximum Gasteiger partial charge on any atom is 0.251 e. The number of ether oxygens (including phenoxy) is 1. The molecule has 3 aromatic rings. The molecule has 2 aromatic heterocycles. The highest BCUT2D eigenvalue weighted by molar-refractivity contribution is 7.89. The van der Waals surface area contributed by atoms with E-state index in [1.54, 1.807) is 36.7 Å². The first-order chi connectivity index (χ1) is 13.5. The monoisotopic (exact) mass is 401 g/mol. The average molecular weight is 401 g/mol. The molecule has 1 amide bonds. The van der Waals surface area contributed by atoms with Crippen LogP contribution >= 0.6 is 0 Å². The Labute approximate surface area is 162 Å². The van der Waals surface area contributed by atoms with Crippen LogP contribution < -0.4 is 14.8 Å². The van der Waals surface area contributed by atoms with E-state index in [-0.39, 0.29) is 29.3 Å². The Morgan fingerprint density at radius 1 is 1.18 bits per heavy atom. The van der Waals surface area contributed by atoms with Gasteiger partial charge >= 0.3 is 0 Å². The molecule has 2 heterocycles. The van der Waals surface area contributed by atoms with Crippen LogP contribution in [0.5, 0.6) is 5.75 Å². The fourth-order valence-electron chi connectivity index (χ4n) is 2.47. The fourth-order valence-corrected chi connectivity index (χ4v) is 3.68. The van der Waals surface area contributed by atoms with Crippen LogP contribution in [0, 0.1) is 0 Å². The lowest BCUT2D eigenvalue weighted by molar-refractivity contribution is 0.0947. The number of nitrogens with one attached hydrogen (secondary N) is 2. The number of benzene rings is 1. The number of hydrogen-bond donors (Lipinski definition) is 2. The van der Waals surface area contributed by atoms with Gasteiger partial charge in [0, 0.05) is 24.5 Å². The molecule has 0 aliphatic carbocycles. The molecule has 0 unspecified atom stereocenters. The maximum atomic E-state index is 12.7. The SMILES string of the molecule is COc1ccc(C(=O)NCc2ccco2)cc1S(=O)(=O)NCc1cccnc1. The molecular formula is C19H19N3O5S. The third-order valence-electron chi connectivity index (χ3n) is 3.91. The first-order valence-electron chi connectivity index (χ1n) is 8.37. The molecular weight excluding hydrogens is 382 g/mol. The van der Waals surface area contributed by atoms with E-state index in [0.29, 0.717) is 11.3 Å². The van der Waals surface area contributed by atoms with Gasteiger partial charge in [-0.05, 0) is 42.0 Å². The van der Waals surface area contributed by atoms with Gasteiger partial charge in [0.05, 0.1) is 19.9 Å². The Kier molecular flexibility index (Phi) is 6.07. The molecule has 9 heteroatoms. The molecule has 2 N–H and O–H groups in total. The van der Waals surface area contributed by atoms with Gasteiger partial charge in [0.25, 0.3) is 5.91 Å². The van der Waals surface area contributed by atoms with Gasteiger partial charge < -0.3 is 14.5 Å². The van der Waals surface area contributed by atoms with Gasteiger partial charge in [-0.1, -0.05) is 6.07 Å². The van der Waals surface area contributed by atoms with Crippen molar-refractivity contribution in [2.75, 3.05) is 7.11 Å². The summed E-state index contributed by atoms with van der Waals surface area (Å²) in [7, 11) is -2.55. The number of amides is 1.